The van der Waals surface area contributed by atoms with Gasteiger partial charge >= 0.3 is 12.1 Å². The highest BCUT2D eigenvalue weighted by Crippen LogP contribution is 2.45. The van der Waals surface area contributed by atoms with Crippen LogP contribution in [-0.4, -0.2) is 81.7 Å². The lowest BCUT2D eigenvalue weighted by Gasteiger charge is -2.30. The van der Waals surface area contributed by atoms with Crippen molar-refractivity contribution in [3.63, 3.8) is 0 Å². The summed E-state index contributed by atoms with van der Waals surface area (Å²) in [5, 5.41) is 20.1. The van der Waals surface area contributed by atoms with E-state index in [2.05, 4.69) is 15.8 Å². The molecule has 3 fully saturated rings. The molecule has 0 spiro atoms. The van der Waals surface area contributed by atoms with Gasteiger partial charge in [-0.3, -0.25) is 9.59 Å². The normalized spacial score (nSPS) is 32.5. The van der Waals surface area contributed by atoms with Gasteiger partial charge in [-0.25, -0.2) is 9.59 Å². The second-order valence-corrected chi connectivity index (χ2v) is 13.5. The van der Waals surface area contributed by atoms with Crippen LogP contribution in [0.25, 0.3) is 0 Å². The van der Waals surface area contributed by atoms with Crippen molar-refractivity contribution < 1.29 is 33.9 Å². The third kappa shape index (κ3) is 6.60. The first-order chi connectivity index (χ1) is 21.3. The van der Waals surface area contributed by atoms with Crippen molar-refractivity contribution in [1.29, 1.82) is 0 Å². The molecule has 11 nitrogen and oxygen atoms in total. The van der Waals surface area contributed by atoms with Crippen LogP contribution < -0.4 is 10.6 Å². The average Bonchev–Trinajstić information content (AvgIpc) is 3.52. The van der Waals surface area contributed by atoms with Gasteiger partial charge in [0.25, 0.3) is 0 Å². The van der Waals surface area contributed by atoms with Gasteiger partial charge in [0, 0.05) is 35.0 Å². The summed E-state index contributed by atoms with van der Waals surface area (Å²) in [4.78, 5) is 61.5. The van der Waals surface area contributed by atoms with Crippen LogP contribution in [0, 0.1) is 5.92 Å². The van der Waals surface area contributed by atoms with E-state index < -0.39 is 47.6 Å². The molecular weight excluding hydrogens is 584 g/mol. The zero-order chi connectivity index (χ0) is 30.7. The predicted molar refractivity (Wildman–Crippen MR) is 163 cm³/mol. The fourth-order valence-electron chi connectivity index (χ4n) is 6.41. The molecule has 3 heterocycles. The third-order valence-electron chi connectivity index (χ3n) is 9.35. The number of carboxylic acid groups (broad SMARTS) is 1. The van der Waals surface area contributed by atoms with Crippen LogP contribution in [0.5, 0.6) is 0 Å². The Labute approximate surface area is 261 Å². The number of thioether (sulfide) groups is 1. The number of hydrogen-bond acceptors (Lipinski definition) is 8. The number of alkyl carbamates (subject to hydrolysis) is 1. The number of fused-ring (bicyclic) bond motifs is 3. The molecule has 5 aliphatic rings. The van der Waals surface area contributed by atoms with Gasteiger partial charge < -0.3 is 30.2 Å². The quantitative estimate of drug-likeness (QED) is 0.329. The second kappa shape index (κ2) is 13.2. The summed E-state index contributed by atoms with van der Waals surface area (Å²) < 4.78 is 5.49. The van der Waals surface area contributed by atoms with E-state index in [9.17, 15) is 24.3 Å². The number of carbonyl (C=O) groups excluding carboxylic acids is 3. The van der Waals surface area contributed by atoms with Crippen LogP contribution >= 0.6 is 11.8 Å². The average molecular weight is 625 g/mol. The number of nitrogens with one attached hydrogen (secondary N) is 2. The summed E-state index contributed by atoms with van der Waals surface area (Å²) in [6.07, 6.45) is 9.90. The van der Waals surface area contributed by atoms with Crippen molar-refractivity contribution in [2.45, 2.75) is 105 Å². The number of allylic oxidation sites excluding steroid dienone is 1. The molecule has 3 aliphatic heterocycles. The van der Waals surface area contributed by atoms with Crippen LogP contribution in [0.15, 0.2) is 46.5 Å². The first kappa shape index (κ1) is 30.5. The minimum Gasteiger partial charge on any atom is -0.479 e. The van der Waals surface area contributed by atoms with Crippen LogP contribution in [0.3, 0.4) is 0 Å². The lowest BCUT2D eigenvalue weighted by atomic mass is 9.96. The van der Waals surface area contributed by atoms with E-state index in [1.165, 1.54) is 4.90 Å². The molecule has 3 N–H and O–H groups in total. The zero-order valence-corrected chi connectivity index (χ0v) is 25.6. The SMILES string of the molecule is O=C(N[C@H]1CCCCC/C=C\C2C[C@@]2(C(=O)O)NC(=O)[C@@H]2C[C@@H](O/N=C3\CCSc4ccccc43)CN2C1=O)OC1CCC1. The van der Waals surface area contributed by atoms with Gasteiger partial charge in [0.1, 0.15) is 29.8 Å². The lowest BCUT2D eigenvalue weighted by Crippen LogP contribution is -2.56. The van der Waals surface area contributed by atoms with Gasteiger partial charge in [-0.2, -0.15) is 0 Å². The maximum atomic E-state index is 14.1. The first-order valence-corrected chi connectivity index (χ1v) is 16.8. The lowest BCUT2D eigenvalue weighted by molar-refractivity contribution is -0.145. The van der Waals surface area contributed by atoms with E-state index in [0.717, 1.165) is 66.9 Å². The van der Waals surface area contributed by atoms with Crippen molar-refractivity contribution in [3.05, 3.63) is 42.0 Å². The second-order valence-electron chi connectivity index (χ2n) is 12.4. The van der Waals surface area contributed by atoms with Crippen molar-refractivity contribution in [3.8, 4) is 0 Å². The molecule has 0 bridgehead atoms. The van der Waals surface area contributed by atoms with Crippen LogP contribution in [-0.2, 0) is 24.0 Å². The molecule has 236 valence electrons. The van der Waals surface area contributed by atoms with Gasteiger partial charge in [0.05, 0.1) is 12.3 Å². The highest BCUT2D eigenvalue weighted by atomic mass is 32.2. The topological polar surface area (TPSA) is 147 Å². The molecule has 1 aromatic carbocycles. The maximum Gasteiger partial charge on any atom is 0.408 e. The number of rotatable bonds is 5. The Hall–Kier alpha value is -3.54. The largest absolute Gasteiger partial charge is 0.479 e. The Kier molecular flexibility index (Phi) is 9.16. The van der Waals surface area contributed by atoms with Crippen LogP contribution in [0.1, 0.15) is 76.2 Å². The van der Waals surface area contributed by atoms with Crippen molar-refractivity contribution >= 4 is 41.4 Å². The molecule has 1 unspecified atom stereocenters. The number of ether oxygens (including phenoxy) is 1. The minimum atomic E-state index is -1.39. The summed E-state index contributed by atoms with van der Waals surface area (Å²) in [5.74, 6) is -1.47. The highest BCUT2D eigenvalue weighted by Gasteiger charge is 2.61. The molecule has 3 amide bonds. The van der Waals surface area contributed by atoms with Gasteiger partial charge in [0.2, 0.25) is 11.8 Å². The van der Waals surface area contributed by atoms with E-state index in [-0.39, 0.29) is 25.0 Å². The van der Waals surface area contributed by atoms with E-state index in [1.54, 1.807) is 11.8 Å². The molecule has 12 heteroatoms. The molecule has 0 radical (unpaired) electrons. The molecule has 2 aliphatic carbocycles. The molecular formula is C32H40N4O7S. The van der Waals surface area contributed by atoms with Crippen LogP contribution in [0.4, 0.5) is 4.79 Å². The molecule has 6 rings (SSSR count). The summed E-state index contributed by atoms with van der Waals surface area (Å²) in [5.41, 5.74) is 0.432. The smallest absolute Gasteiger partial charge is 0.408 e. The number of aliphatic carboxylic acids is 1. The van der Waals surface area contributed by atoms with Crippen molar-refractivity contribution in [2.24, 2.45) is 11.1 Å². The van der Waals surface area contributed by atoms with E-state index >= 15 is 0 Å². The van der Waals surface area contributed by atoms with Gasteiger partial charge in [-0.15, -0.1) is 11.8 Å². The van der Waals surface area contributed by atoms with Crippen LogP contribution in [0.2, 0.25) is 0 Å². The zero-order valence-electron chi connectivity index (χ0n) is 24.7. The molecule has 5 atom stereocenters. The van der Waals surface area contributed by atoms with E-state index in [1.807, 2.05) is 36.4 Å². The van der Waals surface area contributed by atoms with E-state index in [4.69, 9.17) is 9.57 Å². The molecule has 0 aromatic heterocycles. The molecule has 1 saturated heterocycles. The van der Waals surface area contributed by atoms with Gasteiger partial charge in [-0.1, -0.05) is 48.3 Å². The number of hydrogen-bond donors (Lipinski definition) is 3. The number of benzene rings is 1. The van der Waals surface area contributed by atoms with Gasteiger partial charge in [-0.05, 0) is 51.0 Å². The minimum absolute atomic E-state index is 0.0867. The Bertz CT molecular complexity index is 1350. The fourth-order valence-corrected chi connectivity index (χ4v) is 7.44. The predicted octanol–water partition coefficient (Wildman–Crippen LogP) is 4.00. The molecule has 2 saturated carbocycles. The number of carbonyl (C=O) groups is 4. The first-order valence-electron chi connectivity index (χ1n) is 15.8. The summed E-state index contributed by atoms with van der Waals surface area (Å²) in [7, 11) is 0. The monoisotopic (exact) mass is 624 g/mol. The Balaban J connectivity index is 1.24. The van der Waals surface area contributed by atoms with Gasteiger partial charge in [0.15, 0.2) is 0 Å². The molecule has 44 heavy (non-hydrogen) atoms. The third-order valence-corrected chi connectivity index (χ3v) is 10.4. The standard InChI is InChI=1S/C32H40N4O7S/c37-28-26-17-22(43-35-24-15-16-44-27-14-7-6-12-23(24)27)19-36(26)29(38)25(33-31(41)42-21-10-8-11-21)13-5-3-1-2-4-9-20-18-32(20,34-28)30(39)40/h4,6-7,9,12,14,20-22,25-26H,1-3,5,8,10-11,13,15-19H2,(H,33,41)(H,34,37)(H,39,40)/b9-4-,35-24+/t20?,22-,25+,26+,32-/m1/s1. The fraction of sp³-hybridized carbons (Fsp3) is 0.594. The summed E-state index contributed by atoms with van der Waals surface area (Å²) in [6, 6.07) is 6.14. The Morgan fingerprint density at radius 1 is 1.09 bits per heavy atom. The Morgan fingerprint density at radius 3 is 2.73 bits per heavy atom. The number of oxime groups is 1. The molecule has 1 aromatic rings. The highest BCUT2D eigenvalue weighted by molar-refractivity contribution is 7.99. The summed E-state index contributed by atoms with van der Waals surface area (Å²) >= 11 is 1.76. The van der Waals surface area contributed by atoms with E-state index in [0.29, 0.717) is 19.3 Å². The Morgan fingerprint density at radius 2 is 1.93 bits per heavy atom. The van der Waals surface area contributed by atoms with Crippen molar-refractivity contribution in [2.75, 3.05) is 12.3 Å². The number of carboxylic acids is 1. The maximum absolute atomic E-state index is 14.1. The summed E-state index contributed by atoms with van der Waals surface area (Å²) in [6.45, 7) is 0.0867. The van der Waals surface area contributed by atoms with Crippen molar-refractivity contribution in [1.82, 2.24) is 15.5 Å². The number of nitrogens with zero attached hydrogens (tertiary/aromatic N) is 2. The number of amides is 3.